The summed E-state index contributed by atoms with van der Waals surface area (Å²) in [5, 5.41) is 10.6. The average molecular weight is 1350 g/mol. The van der Waals surface area contributed by atoms with Gasteiger partial charge in [-0.2, -0.15) is 0 Å². The highest BCUT2D eigenvalue weighted by Gasteiger charge is 2.30. The van der Waals surface area contributed by atoms with Crippen molar-refractivity contribution in [1.29, 1.82) is 0 Å². The molecule has 0 aromatic carbocycles. The van der Waals surface area contributed by atoms with Crippen molar-refractivity contribution in [3.63, 3.8) is 0 Å². The lowest BCUT2D eigenvalue weighted by Gasteiger charge is -2.21. The van der Waals surface area contributed by atoms with Crippen molar-refractivity contribution in [3.8, 4) is 0 Å². The molecule has 17 nitrogen and oxygen atoms in total. The van der Waals surface area contributed by atoms with Gasteiger partial charge in [0.2, 0.25) is 0 Å². The van der Waals surface area contributed by atoms with Crippen LogP contribution in [0.3, 0.4) is 0 Å². The van der Waals surface area contributed by atoms with Crippen molar-refractivity contribution in [3.05, 3.63) is 0 Å². The van der Waals surface area contributed by atoms with Gasteiger partial charge in [0.1, 0.15) is 19.3 Å². The molecule has 6 atom stereocenters. The van der Waals surface area contributed by atoms with Gasteiger partial charge in [0.25, 0.3) is 0 Å². The van der Waals surface area contributed by atoms with Gasteiger partial charge in [0.15, 0.2) is 12.2 Å². The second kappa shape index (κ2) is 65.0. The van der Waals surface area contributed by atoms with Crippen LogP contribution in [0.15, 0.2) is 0 Å². The van der Waals surface area contributed by atoms with E-state index in [1.807, 2.05) is 0 Å². The zero-order valence-electron chi connectivity index (χ0n) is 59.9. The van der Waals surface area contributed by atoms with Crippen LogP contribution in [0, 0.1) is 11.8 Å². The van der Waals surface area contributed by atoms with Crippen LogP contribution in [-0.2, 0) is 65.4 Å². The first-order valence-corrected chi connectivity index (χ1v) is 41.0. The predicted molar refractivity (Wildman–Crippen MR) is 372 cm³/mol. The number of hydrogen-bond donors (Lipinski definition) is 3. The summed E-state index contributed by atoms with van der Waals surface area (Å²) < 4.78 is 68.1. The zero-order valence-corrected chi connectivity index (χ0v) is 61.6. The van der Waals surface area contributed by atoms with Crippen molar-refractivity contribution in [2.24, 2.45) is 11.8 Å². The number of carbonyl (C=O) groups is 4. The zero-order chi connectivity index (χ0) is 67.9. The molecule has 0 fully saturated rings. The molecule has 0 amide bonds. The van der Waals surface area contributed by atoms with Gasteiger partial charge in [0.05, 0.1) is 26.4 Å². The molecule has 0 saturated carbocycles. The van der Waals surface area contributed by atoms with Crippen molar-refractivity contribution < 1.29 is 80.2 Å². The fraction of sp³-hybridized carbons (Fsp3) is 0.945. The predicted octanol–water partition coefficient (Wildman–Crippen LogP) is 21.2. The molecule has 546 valence electrons. The van der Waals surface area contributed by atoms with Gasteiger partial charge >= 0.3 is 39.5 Å². The molecule has 92 heavy (non-hydrogen) atoms. The summed E-state index contributed by atoms with van der Waals surface area (Å²) in [6, 6.07) is 0. The highest BCUT2D eigenvalue weighted by atomic mass is 31.2. The lowest BCUT2D eigenvalue weighted by molar-refractivity contribution is -0.161. The van der Waals surface area contributed by atoms with Gasteiger partial charge in [-0.15, -0.1) is 0 Å². The fourth-order valence-corrected chi connectivity index (χ4v) is 12.7. The second-order valence-electron chi connectivity index (χ2n) is 27.1. The molecule has 0 bridgehead atoms. The first-order chi connectivity index (χ1) is 44.4. The number of aliphatic hydroxyl groups is 1. The maximum Gasteiger partial charge on any atom is 0.472 e. The summed E-state index contributed by atoms with van der Waals surface area (Å²) in [6.07, 6.45) is 51.9. The number of phosphoric acid groups is 2. The highest BCUT2D eigenvalue weighted by Crippen LogP contribution is 2.45. The summed E-state index contributed by atoms with van der Waals surface area (Å²) in [5.41, 5.74) is 0. The van der Waals surface area contributed by atoms with E-state index in [9.17, 15) is 43.2 Å². The molecule has 0 aromatic heterocycles. The van der Waals surface area contributed by atoms with E-state index in [4.69, 9.17) is 37.0 Å². The van der Waals surface area contributed by atoms with E-state index < -0.39 is 97.5 Å². The van der Waals surface area contributed by atoms with Crippen LogP contribution < -0.4 is 0 Å². The van der Waals surface area contributed by atoms with Gasteiger partial charge in [-0.1, -0.05) is 324 Å². The monoisotopic (exact) mass is 1350 g/mol. The van der Waals surface area contributed by atoms with Crippen molar-refractivity contribution >= 4 is 39.5 Å². The van der Waals surface area contributed by atoms with Gasteiger partial charge in [-0.3, -0.25) is 37.3 Å². The summed E-state index contributed by atoms with van der Waals surface area (Å²) in [6.45, 7) is 9.47. The van der Waals surface area contributed by atoms with Crippen LogP contribution >= 0.6 is 15.6 Å². The Morgan fingerprint density at radius 2 is 0.554 bits per heavy atom. The van der Waals surface area contributed by atoms with Crippen LogP contribution in [0.4, 0.5) is 0 Å². The van der Waals surface area contributed by atoms with Gasteiger partial charge in [-0.25, -0.2) is 9.13 Å². The molecule has 19 heteroatoms. The standard InChI is InChI=1S/C73H142O17P2/c1-7-10-12-14-15-16-17-18-19-20-21-22-23-28-31-34-39-45-51-57-72(77)90-69(62-84-71(76)56-50-44-38-33-30-27-25-24-26-29-32-37-43-48-54-66(6)9-3)64-88-92(81,82)86-60-67(74)59-85-91(79,80)87-63-68(61-83-70(75)55-49-41-13-11-8-2)89-73(78)58-52-46-40-35-36-42-47-53-65(4)5/h65-69,74H,7-64H2,1-6H3,(H,79,80)(H,81,82)/t66?,67-,68+,69+/m0/s1. The topological polar surface area (TPSA) is 237 Å². The molecule has 0 aliphatic heterocycles. The number of carbonyl (C=O) groups excluding carboxylic acids is 4. The Bertz CT molecular complexity index is 1790. The quantitative estimate of drug-likeness (QED) is 0.0222. The molecule has 0 spiro atoms. The van der Waals surface area contributed by atoms with E-state index in [0.29, 0.717) is 31.6 Å². The average Bonchev–Trinajstić information content (AvgIpc) is 1.85. The minimum absolute atomic E-state index is 0.103. The van der Waals surface area contributed by atoms with E-state index in [2.05, 4.69) is 41.5 Å². The Hall–Kier alpha value is -1.94. The number of unbranched alkanes of at least 4 members (excludes halogenated alkanes) is 41. The summed E-state index contributed by atoms with van der Waals surface area (Å²) in [4.78, 5) is 72.3. The first kappa shape index (κ1) is 90.1. The van der Waals surface area contributed by atoms with Gasteiger partial charge in [-0.05, 0) is 37.5 Å². The molecule has 3 unspecified atom stereocenters. The molecule has 3 N–H and O–H groups in total. The molecule has 0 radical (unpaired) electrons. The Morgan fingerprint density at radius 3 is 0.826 bits per heavy atom. The molecular weight excluding hydrogens is 1210 g/mol. The molecule has 0 aliphatic rings. The van der Waals surface area contributed by atoms with Crippen LogP contribution in [0.1, 0.15) is 375 Å². The van der Waals surface area contributed by atoms with Crippen molar-refractivity contribution in [2.45, 2.75) is 394 Å². The Kier molecular flexibility index (Phi) is 63.7. The number of esters is 4. The van der Waals surface area contributed by atoms with Crippen molar-refractivity contribution in [2.75, 3.05) is 39.6 Å². The van der Waals surface area contributed by atoms with Crippen LogP contribution in [0.2, 0.25) is 0 Å². The molecule has 0 aromatic rings. The lowest BCUT2D eigenvalue weighted by atomic mass is 9.99. The maximum absolute atomic E-state index is 13.1. The lowest BCUT2D eigenvalue weighted by Crippen LogP contribution is -2.30. The number of hydrogen-bond acceptors (Lipinski definition) is 15. The summed E-state index contributed by atoms with van der Waals surface area (Å²) in [7, 11) is -9.89. The third-order valence-corrected chi connectivity index (χ3v) is 19.2. The van der Waals surface area contributed by atoms with Crippen LogP contribution in [0.25, 0.3) is 0 Å². The number of rotatable bonds is 72. The highest BCUT2D eigenvalue weighted by molar-refractivity contribution is 7.47. The van der Waals surface area contributed by atoms with E-state index >= 15 is 0 Å². The SMILES string of the molecule is CCCCCCCCCCCCCCCCCCCCCC(=O)O[C@H](COC(=O)CCCCCCCCCCCCCCCCC(C)CC)COP(=O)(O)OC[C@@H](O)COP(=O)(O)OC[C@@H](COC(=O)CCCCCCC)OC(=O)CCCCCCCCCC(C)C. The molecule has 0 rings (SSSR count). The minimum atomic E-state index is -4.95. The van der Waals surface area contributed by atoms with E-state index in [0.717, 1.165) is 102 Å². The first-order valence-electron chi connectivity index (χ1n) is 38.0. The van der Waals surface area contributed by atoms with Crippen molar-refractivity contribution in [1.82, 2.24) is 0 Å². The molecule has 0 heterocycles. The van der Waals surface area contributed by atoms with Gasteiger partial charge < -0.3 is 33.8 Å². The largest absolute Gasteiger partial charge is 0.472 e. The van der Waals surface area contributed by atoms with Crippen LogP contribution in [-0.4, -0.2) is 96.7 Å². The molecule has 0 saturated heterocycles. The molecular formula is C73H142O17P2. The Labute approximate surface area is 562 Å². The van der Waals surface area contributed by atoms with E-state index in [1.165, 1.54) is 186 Å². The number of ether oxygens (including phenoxy) is 4. The second-order valence-corrected chi connectivity index (χ2v) is 30.0. The smallest absolute Gasteiger partial charge is 0.462 e. The van der Waals surface area contributed by atoms with E-state index in [-0.39, 0.29) is 25.7 Å². The number of phosphoric ester groups is 2. The summed E-state index contributed by atoms with van der Waals surface area (Å²) >= 11 is 0. The fourth-order valence-electron chi connectivity index (χ4n) is 11.1. The Morgan fingerprint density at radius 1 is 0.315 bits per heavy atom. The maximum atomic E-state index is 13.1. The summed E-state index contributed by atoms with van der Waals surface area (Å²) in [5.74, 6) is -0.588. The third kappa shape index (κ3) is 65.4. The Balaban J connectivity index is 5.13. The number of aliphatic hydroxyl groups excluding tert-OH is 1. The van der Waals surface area contributed by atoms with Gasteiger partial charge in [0, 0.05) is 25.7 Å². The van der Waals surface area contributed by atoms with Crippen LogP contribution in [0.5, 0.6) is 0 Å². The third-order valence-electron chi connectivity index (χ3n) is 17.3. The normalized spacial score (nSPS) is 14.4. The molecule has 0 aliphatic carbocycles. The minimum Gasteiger partial charge on any atom is -0.462 e. The van der Waals surface area contributed by atoms with E-state index in [1.54, 1.807) is 0 Å².